The van der Waals surface area contributed by atoms with E-state index in [9.17, 15) is 4.79 Å². The van der Waals surface area contributed by atoms with Crippen LogP contribution in [0.4, 0.5) is 5.69 Å². The summed E-state index contributed by atoms with van der Waals surface area (Å²) in [4.78, 5) is 17.1. The molecule has 0 spiro atoms. The van der Waals surface area contributed by atoms with Crippen molar-refractivity contribution in [3.8, 4) is 11.5 Å². The summed E-state index contributed by atoms with van der Waals surface area (Å²) in [6.45, 7) is 5.25. The lowest BCUT2D eigenvalue weighted by atomic mass is 10.1. The van der Waals surface area contributed by atoms with Gasteiger partial charge in [0.25, 0.3) is 5.91 Å². The van der Waals surface area contributed by atoms with Crippen LogP contribution < -0.4 is 14.8 Å². The van der Waals surface area contributed by atoms with Crippen molar-refractivity contribution in [2.75, 3.05) is 18.5 Å². The first-order valence-electron chi connectivity index (χ1n) is 9.27. The van der Waals surface area contributed by atoms with Crippen molar-refractivity contribution in [1.29, 1.82) is 0 Å². The van der Waals surface area contributed by atoms with Crippen LogP contribution in [0.3, 0.4) is 0 Å². The van der Waals surface area contributed by atoms with Crippen molar-refractivity contribution >= 4 is 22.5 Å². The summed E-state index contributed by atoms with van der Waals surface area (Å²) in [7, 11) is 0. The maximum absolute atomic E-state index is 12.7. The van der Waals surface area contributed by atoms with E-state index in [0.717, 1.165) is 23.7 Å². The molecule has 5 nitrogen and oxygen atoms in total. The number of benzene rings is 2. The monoisotopic (exact) mass is 364 g/mol. The van der Waals surface area contributed by atoms with E-state index < -0.39 is 0 Å². The molecule has 2 aromatic carbocycles. The van der Waals surface area contributed by atoms with Gasteiger partial charge in [-0.1, -0.05) is 19.4 Å². The number of anilines is 1. The van der Waals surface area contributed by atoms with Gasteiger partial charge in [0.15, 0.2) is 0 Å². The Morgan fingerprint density at radius 1 is 1.07 bits per heavy atom. The Morgan fingerprint density at radius 2 is 1.96 bits per heavy atom. The zero-order chi connectivity index (χ0) is 19.1. The Kier molecular flexibility index (Phi) is 6.26. The fourth-order valence-electron chi connectivity index (χ4n) is 2.78. The molecule has 1 N–H and O–H groups in total. The quantitative estimate of drug-likeness (QED) is 0.567. The van der Waals surface area contributed by atoms with E-state index in [4.69, 9.17) is 9.47 Å². The van der Waals surface area contributed by atoms with Crippen LogP contribution in [-0.2, 0) is 0 Å². The molecular weight excluding hydrogens is 340 g/mol. The number of carbonyl (C=O) groups is 1. The van der Waals surface area contributed by atoms with Gasteiger partial charge in [-0.2, -0.15) is 0 Å². The molecule has 0 bridgehead atoms. The van der Waals surface area contributed by atoms with Crippen molar-refractivity contribution in [2.24, 2.45) is 0 Å². The molecule has 0 fully saturated rings. The summed E-state index contributed by atoms with van der Waals surface area (Å²) in [5.74, 6) is 1.22. The number of nitrogens with one attached hydrogen (secondary N) is 1. The van der Waals surface area contributed by atoms with E-state index in [1.807, 2.05) is 43.3 Å². The maximum Gasteiger partial charge on any atom is 0.255 e. The minimum Gasteiger partial charge on any atom is -0.494 e. The molecule has 0 aliphatic rings. The van der Waals surface area contributed by atoms with Gasteiger partial charge in [0.1, 0.15) is 17.0 Å². The van der Waals surface area contributed by atoms with Gasteiger partial charge in [0.2, 0.25) is 0 Å². The van der Waals surface area contributed by atoms with Gasteiger partial charge < -0.3 is 14.8 Å². The number of aromatic nitrogens is 1. The third-order valence-corrected chi connectivity index (χ3v) is 4.14. The van der Waals surface area contributed by atoms with Crippen molar-refractivity contribution in [1.82, 2.24) is 4.98 Å². The number of ether oxygens (including phenoxy) is 2. The highest BCUT2D eigenvalue weighted by Crippen LogP contribution is 2.30. The Hall–Kier alpha value is -3.08. The number of unbranched alkanes of at least 4 members (excludes halogenated alkanes) is 1. The lowest BCUT2D eigenvalue weighted by molar-refractivity contribution is 0.102. The van der Waals surface area contributed by atoms with Gasteiger partial charge in [-0.15, -0.1) is 0 Å². The fraction of sp³-hybridized carbons (Fsp3) is 0.273. The van der Waals surface area contributed by atoms with Crippen LogP contribution in [0.15, 0.2) is 54.7 Å². The van der Waals surface area contributed by atoms with Gasteiger partial charge in [-0.05, 0) is 55.8 Å². The molecule has 3 rings (SSSR count). The number of hydrogen-bond acceptors (Lipinski definition) is 4. The number of hydrogen-bond donors (Lipinski definition) is 1. The van der Waals surface area contributed by atoms with E-state index in [2.05, 4.69) is 17.2 Å². The van der Waals surface area contributed by atoms with E-state index in [0.29, 0.717) is 36.0 Å². The van der Waals surface area contributed by atoms with Crippen LogP contribution in [0.2, 0.25) is 0 Å². The zero-order valence-corrected chi connectivity index (χ0v) is 15.7. The van der Waals surface area contributed by atoms with Gasteiger partial charge in [0.05, 0.1) is 18.9 Å². The molecule has 5 heteroatoms. The molecule has 0 saturated carbocycles. The molecule has 0 saturated heterocycles. The van der Waals surface area contributed by atoms with E-state index >= 15 is 0 Å². The van der Waals surface area contributed by atoms with Crippen LogP contribution in [0.25, 0.3) is 10.9 Å². The first-order chi connectivity index (χ1) is 13.2. The molecule has 1 heterocycles. The highest BCUT2D eigenvalue weighted by molar-refractivity contribution is 6.09. The van der Waals surface area contributed by atoms with Gasteiger partial charge >= 0.3 is 0 Å². The fourth-order valence-corrected chi connectivity index (χ4v) is 2.78. The molecule has 140 valence electrons. The van der Waals surface area contributed by atoms with Crippen LogP contribution in [0.1, 0.15) is 37.0 Å². The third-order valence-electron chi connectivity index (χ3n) is 4.14. The topological polar surface area (TPSA) is 60.5 Å². The van der Waals surface area contributed by atoms with Crippen molar-refractivity contribution in [3.05, 3.63) is 60.3 Å². The van der Waals surface area contributed by atoms with Gasteiger partial charge in [-0.25, -0.2) is 0 Å². The van der Waals surface area contributed by atoms with Crippen molar-refractivity contribution < 1.29 is 14.3 Å². The predicted octanol–water partition coefficient (Wildman–Crippen LogP) is 5.06. The first-order valence-corrected chi connectivity index (χ1v) is 9.27. The Balaban J connectivity index is 1.82. The zero-order valence-electron chi connectivity index (χ0n) is 15.7. The summed E-state index contributed by atoms with van der Waals surface area (Å²) in [5.41, 5.74) is 1.98. The summed E-state index contributed by atoms with van der Waals surface area (Å²) in [6, 6.07) is 14.7. The molecule has 3 aromatic rings. The smallest absolute Gasteiger partial charge is 0.255 e. The molecule has 0 aliphatic heterocycles. The van der Waals surface area contributed by atoms with Gasteiger partial charge in [-0.3, -0.25) is 9.78 Å². The van der Waals surface area contributed by atoms with E-state index in [-0.39, 0.29) is 5.91 Å². The highest BCUT2D eigenvalue weighted by Gasteiger charge is 2.12. The average molecular weight is 364 g/mol. The molecule has 1 amide bonds. The normalized spacial score (nSPS) is 10.6. The second-order valence-corrected chi connectivity index (χ2v) is 6.13. The minimum atomic E-state index is -0.190. The van der Waals surface area contributed by atoms with Crippen LogP contribution in [0.5, 0.6) is 11.5 Å². The molecule has 1 aromatic heterocycles. The summed E-state index contributed by atoms with van der Waals surface area (Å²) in [6.07, 6.45) is 3.77. The maximum atomic E-state index is 12.7. The Morgan fingerprint density at radius 3 is 2.78 bits per heavy atom. The number of amides is 1. The molecule has 0 radical (unpaired) electrons. The largest absolute Gasteiger partial charge is 0.494 e. The SMILES string of the molecule is CCCCOc1cccc(C(=O)Nc2ccc(OCC)c3ncccc23)c1. The summed E-state index contributed by atoms with van der Waals surface area (Å²) in [5, 5.41) is 3.81. The molecule has 27 heavy (non-hydrogen) atoms. The number of fused-ring (bicyclic) bond motifs is 1. The Bertz CT molecular complexity index is 924. The summed E-state index contributed by atoms with van der Waals surface area (Å²) < 4.78 is 11.3. The van der Waals surface area contributed by atoms with Gasteiger partial charge in [0, 0.05) is 17.1 Å². The van der Waals surface area contributed by atoms with Crippen molar-refractivity contribution in [3.63, 3.8) is 0 Å². The number of carbonyl (C=O) groups excluding carboxylic acids is 1. The van der Waals surface area contributed by atoms with Crippen LogP contribution in [-0.4, -0.2) is 24.1 Å². The van der Waals surface area contributed by atoms with Crippen LogP contribution in [0, 0.1) is 0 Å². The molecule has 0 atom stereocenters. The molecular formula is C22H24N2O3. The second kappa shape index (κ2) is 9.03. The number of rotatable bonds is 8. The number of nitrogens with zero attached hydrogens (tertiary/aromatic N) is 1. The van der Waals surface area contributed by atoms with E-state index in [1.165, 1.54) is 0 Å². The standard InChI is InChI=1S/C22H24N2O3/c1-3-5-14-27-17-9-6-8-16(15-17)22(25)24-19-11-12-20(26-4-2)21-18(19)10-7-13-23-21/h6-13,15H,3-5,14H2,1-2H3,(H,24,25). The molecule has 0 unspecified atom stereocenters. The third kappa shape index (κ3) is 4.56. The Labute approximate surface area is 159 Å². The highest BCUT2D eigenvalue weighted by atomic mass is 16.5. The van der Waals surface area contributed by atoms with Crippen molar-refractivity contribution in [2.45, 2.75) is 26.7 Å². The molecule has 0 aliphatic carbocycles. The predicted molar refractivity (Wildman–Crippen MR) is 108 cm³/mol. The van der Waals surface area contributed by atoms with E-state index in [1.54, 1.807) is 18.3 Å². The van der Waals surface area contributed by atoms with Crippen LogP contribution >= 0.6 is 0 Å². The second-order valence-electron chi connectivity index (χ2n) is 6.13. The summed E-state index contributed by atoms with van der Waals surface area (Å²) >= 11 is 0. The number of pyridine rings is 1. The average Bonchev–Trinajstić information content (AvgIpc) is 2.70. The first kappa shape index (κ1) is 18.7. The lowest BCUT2D eigenvalue weighted by Gasteiger charge is -2.12. The minimum absolute atomic E-state index is 0.190. The lowest BCUT2D eigenvalue weighted by Crippen LogP contribution is -2.12.